The summed E-state index contributed by atoms with van der Waals surface area (Å²) in [6.45, 7) is 5.94. The molecule has 0 atom stereocenters. The van der Waals surface area contributed by atoms with Gasteiger partial charge in [0.05, 0.1) is 4.90 Å². The summed E-state index contributed by atoms with van der Waals surface area (Å²) in [5.74, 6) is -0.0539. The molecule has 27 heavy (non-hydrogen) atoms. The van der Waals surface area contributed by atoms with Crippen molar-refractivity contribution in [3.05, 3.63) is 65.7 Å². The highest BCUT2D eigenvalue weighted by Gasteiger charge is 2.22. The van der Waals surface area contributed by atoms with Crippen molar-refractivity contribution in [2.24, 2.45) is 0 Å². The van der Waals surface area contributed by atoms with Crippen LogP contribution in [0.2, 0.25) is 0 Å². The number of nitrogens with zero attached hydrogens (tertiary/aromatic N) is 2. The molecule has 1 heterocycles. The standard InChI is InChI=1S/C20H25N3O3S/c1-2-21-27(25,26)19-10-8-18(9-11-19)20(24)23-14-12-22(13-15-23)16-17-6-4-3-5-7-17/h3-11,21H,2,12-16H2,1H3. The molecule has 0 bridgehead atoms. The van der Waals surface area contributed by atoms with Crippen molar-refractivity contribution in [1.29, 1.82) is 0 Å². The first-order valence-corrected chi connectivity index (χ1v) is 10.6. The fourth-order valence-electron chi connectivity index (χ4n) is 3.18. The lowest BCUT2D eigenvalue weighted by Gasteiger charge is -2.34. The van der Waals surface area contributed by atoms with Crippen LogP contribution in [0.5, 0.6) is 0 Å². The van der Waals surface area contributed by atoms with E-state index in [0.29, 0.717) is 25.2 Å². The van der Waals surface area contributed by atoms with Crippen LogP contribution < -0.4 is 4.72 Å². The third-order valence-corrected chi connectivity index (χ3v) is 6.22. The lowest BCUT2D eigenvalue weighted by Crippen LogP contribution is -2.48. The summed E-state index contributed by atoms with van der Waals surface area (Å²) in [6, 6.07) is 16.4. The molecule has 0 unspecified atom stereocenters. The first-order valence-electron chi connectivity index (χ1n) is 9.15. The second-order valence-electron chi connectivity index (χ2n) is 6.58. The zero-order valence-electron chi connectivity index (χ0n) is 15.5. The maximum atomic E-state index is 12.7. The van der Waals surface area contributed by atoms with Crippen molar-refractivity contribution >= 4 is 15.9 Å². The molecule has 1 saturated heterocycles. The number of carbonyl (C=O) groups is 1. The minimum atomic E-state index is -3.50. The van der Waals surface area contributed by atoms with E-state index in [9.17, 15) is 13.2 Å². The second kappa shape index (κ2) is 8.65. The highest BCUT2D eigenvalue weighted by Crippen LogP contribution is 2.14. The Morgan fingerprint density at radius 3 is 2.19 bits per heavy atom. The second-order valence-corrected chi connectivity index (χ2v) is 8.35. The zero-order chi connectivity index (χ0) is 19.3. The lowest BCUT2D eigenvalue weighted by atomic mass is 10.1. The smallest absolute Gasteiger partial charge is 0.253 e. The Kier molecular flexibility index (Phi) is 6.26. The van der Waals surface area contributed by atoms with Gasteiger partial charge in [0, 0.05) is 44.8 Å². The fraction of sp³-hybridized carbons (Fsp3) is 0.350. The minimum absolute atomic E-state index is 0.0539. The Morgan fingerprint density at radius 2 is 1.59 bits per heavy atom. The van der Waals surface area contributed by atoms with Gasteiger partial charge in [0.25, 0.3) is 5.91 Å². The van der Waals surface area contributed by atoms with Crippen molar-refractivity contribution in [1.82, 2.24) is 14.5 Å². The highest BCUT2D eigenvalue weighted by molar-refractivity contribution is 7.89. The van der Waals surface area contributed by atoms with E-state index in [4.69, 9.17) is 0 Å². The Balaban J connectivity index is 1.57. The molecule has 2 aromatic carbocycles. The normalized spacial score (nSPS) is 15.7. The number of carbonyl (C=O) groups excluding carboxylic acids is 1. The molecule has 3 rings (SSSR count). The van der Waals surface area contributed by atoms with E-state index in [1.807, 2.05) is 23.1 Å². The Bertz CT molecular complexity index is 859. The summed E-state index contributed by atoms with van der Waals surface area (Å²) in [6.07, 6.45) is 0. The van der Waals surface area contributed by atoms with Gasteiger partial charge in [-0.3, -0.25) is 9.69 Å². The van der Waals surface area contributed by atoms with Crippen LogP contribution in [0.25, 0.3) is 0 Å². The molecular weight excluding hydrogens is 362 g/mol. The van der Waals surface area contributed by atoms with E-state index in [1.54, 1.807) is 19.1 Å². The van der Waals surface area contributed by atoms with E-state index >= 15 is 0 Å². The average Bonchev–Trinajstić information content (AvgIpc) is 2.69. The van der Waals surface area contributed by atoms with Crippen LogP contribution in [0.4, 0.5) is 0 Å². The summed E-state index contributed by atoms with van der Waals surface area (Å²) in [5, 5.41) is 0. The molecule has 0 aliphatic carbocycles. The molecule has 1 fully saturated rings. The van der Waals surface area contributed by atoms with Gasteiger partial charge in [-0.05, 0) is 29.8 Å². The van der Waals surface area contributed by atoms with Gasteiger partial charge in [0.15, 0.2) is 0 Å². The maximum absolute atomic E-state index is 12.7. The molecule has 144 valence electrons. The first-order chi connectivity index (χ1) is 13.0. The molecule has 0 spiro atoms. The summed E-state index contributed by atoms with van der Waals surface area (Å²) in [5.41, 5.74) is 1.79. The van der Waals surface area contributed by atoms with Crippen molar-refractivity contribution in [3.63, 3.8) is 0 Å². The number of hydrogen-bond acceptors (Lipinski definition) is 4. The summed E-state index contributed by atoms with van der Waals surface area (Å²) >= 11 is 0. The monoisotopic (exact) mass is 387 g/mol. The Hall–Kier alpha value is -2.22. The van der Waals surface area contributed by atoms with Crippen molar-refractivity contribution in [2.45, 2.75) is 18.4 Å². The van der Waals surface area contributed by atoms with E-state index in [1.165, 1.54) is 17.7 Å². The van der Waals surface area contributed by atoms with Crippen LogP contribution in [0.15, 0.2) is 59.5 Å². The van der Waals surface area contributed by atoms with Crippen LogP contribution in [0, 0.1) is 0 Å². The van der Waals surface area contributed by atoms with E-state index in [0.717, 1.165) is 19.6 Å². The van der Waals surface area contributed by atoms with Gasteiger partial charge < -0.3 is 4.90 Å². The van der Waals surface area contributed by atoms with Crippen molar-refractivity contribution in [3.8, 4) is 0 Å². The first kappa shape index (κ1) is 19.5. The maximum Gasteiger partial charge on any atom is 0.253 e. The van der Waals surface area contributed by atoms with E-state index in [-0.39, 0.29) is 10.8 Å². The molecule has 7 heteroatoms. The molecule has 6 nitrogen and oxygen atoms in total. The number of benzene rings is 2. The van der Waals surface area contributed by atoms with E-state index < -0.39 is 10.0 Å². The van der Waals surface area contributed by atoms with Gasteiger partial charge in [-0.25, -0.2) is 13.1 Å². The van der Waals surface area contributed by atoms with Gasteiger partial charge in [-0.2, -0.15) is 0 Å². The third kappa shape index (κ3) is 4.94. The molecule has 0 saturated carbocycles. The Morgan fingerprint density at radius 1 is 0.963 bits per heavy atom. The molecule has 2 aromatic rings. The topological polar surface area (TPSA) is 69.7 Å². The molecule has 1 aliphatic rings. The van der Waals surface area contributed by atoms with Gasteiger partial charge in [0.2, 0.25) is 10.0 Å². The zero-order valence-corrected chi connectivity index (χ0v) is 16.3. The van der Waals surface area contributed by atoms with Crippen molar-refractivity contribution < 1.29 is 13.2 Å². The Labute approximate surface area is 160 Å². The summed E-state index contributed by atoms with van der Waals surface area (Å²) in [4.78, 5) is 17.0. The quantitative estimate of drug-likeness (QED) is 0.822. The van der Waals surface area contributed by atoms with E-state index in [2.05, 4.69) is 21.8 Å². The fourth-order valence-corrected chi connectivity index (χ4v) is 4.22. The third-order valence-electron chi connectivity index (χ3n) is 4.65. The number of rotatable bonds is 6. The lowest BCUT2D eigenvalue weighted by molar-refractivity contribution is 0.0628. The van der Waals surface area contributed by atoms with Crippen LogP contribution in [-0.4, -0.2) is 56.8 Å². The predicted octanol–water partition coefficient (Wildman–Crippen LogP) is 1.94. The van der Waals surface area contributed by atoms with Crippen LogP contribution in [-0.2, 0) is 16.6 Å². The van der Waals surface area contributed by atoms with Crippen LogP contribution >= 0.6 is 0 Å². The molecule has 1 amide bonds. The summed E-state index contributed by atoms with van der Waals surface area (Å²) in [7, 11) is -3.50. The number of sulfonamides is 1. The molecule has 1 N–H and O–H groups in total. The molecule has 0 radical (unpaired) electrons. The largest absolute Gasteiger partial charge is 0.336 e. The van der Waals surface area contributed by atoms with Gasteiger partial charge >= 0.3 is 0 Å². The molecular formula is C20H25N3O3S. The van der Waals surface area contributed by atoms with Crippen LogP contribution in [0.1, 0.15) is 22.8 Å². The average molecular weight is 388 g/mol. The highest BCUT2D eigenvalue weighted by atomic mass is 32.2. The SMILES string of the molecule is CCNS(=O)(=O)c1ccc(C(=O)N2CCN(Cc3ccccc3)CC2)cc1. The number of piperazine rings is 1. The van der Waals surface area contributed by atoms with Gasteiger partial charge in [-0.1, -0.05) is 37.3 Å². The van der Waals surface area contributed by atoms with Gasteiger partial charge in [0.1, 0.15) is 0 Å². The van der Waals surface area contributed by atoms with Crippen LogP contribution in [0.3, 0.4) is 0 Å². The van der Waals surface area contributed by atoms with Crippen molar-refractivity contribution in [2.75, 3.05) is 32.7 Å². The minimum Gasteiger partial charge on any atom is -0.336 e. The number of hydrogen-bond donors (Lipinski definition) is 1. The number of amides is 1. The number of nitrogens with one attached hydrogen (secondary N) is 1. The predicted molar refractivity (Wildman–Crippen MR) is 105 cm³/mol. The molecule has 0 aromatic heterocycles. The summed E-state index contributed by atoms with van der Waals surface area (Å²) < 4.78 is 26.4. The van der Waals surface area contributed by atoms with Gasteiger partial charge in [-0.15, -0.1) is 0 Å². The molecule has 1 aliphatic heterocycles.